The minimum absolute atomic E-state index is 0.0730. The van der Waals surface area contributed by atoms with E-state index in [1.165, 1.54) is 19.3 Å². The Hall–Kier alpha value is -1.30. The third-order valence-corrected chi connectivity index (χ3v) is 5.79. The van der Waals surface area contributed by atoms with Crippen molar-refractivity contribution in [2.75, 3.05) is 6.61 Å². The van der Waals surface area contributed by atoms with E-state index in [1.54, 1.807) is 0 Å². The molecule has 3 rings (SSSR count). The lowest BCUT2D eigenvalue weighted by Gasteiger charge is -2.57. The predicted molar refractivity (Wildman–Crippen MR) is 82.2 cm³/mol. The van der Waals surface area contributed by atoms with Crippen molar-refractivity contribution in [1.82, 2.24) is 10.6 Å². The minimum atomic E-state index is -0.752. The number of amides is 3. The van der Waals surface area contributed by atoms with Crippen LogP contribution in [0, 0.1) is 5.41 Å². The van der Waals surface area contributed by atoms with Gasteiger partial charge in [0.2, 0.25) is 5.91 Å². The van der Waals surface area contributed by atoms with Crippen LogP contribution in [0.15, 0.2) is 0 Å². The number of rotatable bonds is 5. The summed E-state index contributed by atoms with van der Waals surface area (Å²) in [5.74, 6) is -0.0730. The second-order valence-electron chi connectivity index (χ2n) is 7.07. The Morgan fingerprint density at radius 1 is 1.18 bits per heavy atom. The highest BCUT2D eigenvalue weighted by Gasteiger charge is 2.59. The molecule has 1 spiro atoms. The topological polar surface area (TPSA) is 93.4 Å². The molecule has 0 radical (unpaired) electrons. The zero-order chi connectivity index (χ0) is 15.8. The fourth-order valence-corrected chi connectivity index (χ4v) is 4.33. The van der Waals surface area contributed by atoms with Gasteiger partial charge in [0.1, 0.15) is 5.54 Å². The third-order valence-electron chi connectivity index (χ3n) is 5.79. The Morgan fingerprint density at radius 3 is 2.41 bits per heavy atom. The smallest absolute Gasteiger partial charge is 0.313 e. The number of ether oxygens (including phenoxy) is 1. The maximum absolute atomic E-state index is 12.5. The number of primary amides is 1. The Kier molecular flexibility index (Phi) is 4.05. The first-order valence-corrected chi connectivity index (χ1v) is 8.53. The third kappa shape index (κ3) is 2.57. The van der Waals surface area contributed by atoms with Gasteiger partial charge in [-0.15, -0.1) is 0 Å². The van der Waals surface area contributed by atoms with Gasteiger partial charge in [-0.2, -0.15) is 0 Å². The van der Waals surface area contributed by atoms with Crippen LogP contribution in [0.5, 0.6) is 0 Å². The Labute approximate surface area is 131 Å². The molecule has 0 bridgehead atoms. The average Bonchev–Trinajstić information content (AvgIpc) is 3.27. The van der Waals surface area contributed by atoms with Crippen LogP contribution in [-0.2, 0) is 9.53 Å². The summed E-state index contributed by atoms with van der Waals surface area (Å²) in [4.78, 5) is 23.6. The van der Waals surface area contributed by atoms with Gasteiger partial charge in [0.05, 0.1) is 6.10 Å². The minimum Gasteiger partial charge on any atom is -0.378 e. The molecule has 3 amide bonds. The molecular weight excluding hydrogens is 282 g/mol. The van der Waals surface area contributed by atoms with Crippen LogP contribution >= 0.6 is 0 Å². The lowest BCUT2D eigenvalue weighted by atomic mass is 9.55. The fourth-order valence-electron chi connectivity index (χ4n) is 4.33. The normalized spacial score (nSPS) is 31.1. The van der Waals surface area contributed by atoms with Crippen molar-refractivity contribution in [3.05, 3.63) is 0 Å². The summed E-state index contributed by atoms with van der Waals surface area (Å²) in [5.41, 5.74) is 4.53. The van der Waals surface area contributed by atoms with E-state index in [2.05, 4.69) is 10.6 Å². The number of carbonyl (C=O) groups excluding carboxylic acids is 2. The quantitative estimate of drug-likeness (QED) is 0.717. The largest absolute Gasteiger partial charge is 0.378 e. The molecule has 3 fully saturated rings. The van der Waals surface area contributed by atoms with Crippen molar-refractivity contribution in [3.8, 4) is 0 Å². The molecule has 124 valence electrons. The van der Waals surface area contributed by atoms with Crippen molar-refractivity contribution in [2.45, 2.75) is 76.0 Å². The molecule has 0 heterocycles. The number of carbonyl (C=O) groups is 2. The summed E-state index contributed by atoms with van der Waals surface area (Å²) in [7, 11) is 0. The number of urea groups is 1. The molecule has 0 aliphatic heterocycles. The molecule has 3 saturated carbocycles. The monoisotopic (exact) mass is 309 g/mol. The molecule has 6 heteroatoms. The Morgan fingerprint density at radius 2 is 1.86 bits per heavy atom. The molecule has 22 heavy (non-hydrogen) atoms. The zero-order valence-corrected chi connectivity index (χ0v) is 13.3. The summed E-state index contributed by atoms with van der Waals surface area (Å²) < 4.78 is 5.91. The molecule has 3 aliphatic carbocycles. The first kappa shape index (κ1) is 15.6. The van der Waals surface area contributed by atoms with E-state index >= 15 is 0 Å². The van der Waals surface area contributed by atoms with Crippen LogP contribution in [0.3, 0.4) is 0 Å². The lowest BCUT2D eigenvalue weighted by molar-refractivity contribution is -0.158. The van der Waals surface area contributed by atoms with E-state index in [1.807, 2.05) is 6.92 Å². The first-order valence-electron chi connectivity index (χ1n) is 8.53. The van der Waals surface area contributed by atoms with E-state index in [0.717, 1.165) is 25.9 Å². The van der Waals surface area contributed by atoms with Crippen molar-refractivity contribution in [2.24, 2.45) is 11.1 Å². The molecule has 4 N–H and O–H groups in total. The maximum Gasteiger partial charge on any atom is 0.313 e. The zero-order valence-electron chi connectivity index (χ0n) is 13.3. The van der Waals surface area contributed by atoms with Gasteiger partial charge in [0, 0.05) is 18.1 Å². The van der Waals surface area contributed by atoms with Crippen molar-refractivity contribution in [3.63, 3.8) is 0 Å². The van der Waals surface area contributed by atoms with Crippen LogP contribution < -0.4 is 16.4 Å². The van der Waals surface area contributed by atoms with Gasteiger partial charge < -0.3 is 21.1 Å². The van der Waals surface area contributed by atoms with E-state index in [4.69, 9.17) is 10.5 Å². The molecule has 0 saturated heterocycles. The second kappa shape index (κ2) is 5.72. The van der Waals surface area contributed by atoms with Crippen LogP contribution in [0.2, 0.25) is 0 Å². The molecule has 0 aromatic rings. The van der Waals surface area contributed by atoms with Gasteiger partial charge in [-0.05, 0) is 39.0 Å². The van der Waals surface area contributed by atoms with Crippen molar-refractivity contribution < 1.29 is 14.3 Å². The fraction of sp³-hybridized carbons (Fsp3) is 0.875. The highest BCUT2D eigenvalue weighted by Crippen LogP contribution is 2.53. The van der Waals surface area contributed by atoms with Gasteiger partial charge in [-0.3, -0.25) is 4.79 Å². The van der Waals surface area contributed by atoms with Gasteiger partial charge in [-0.1, -0.05) is 19.3 Å². The number of hydrogen-bond donors (Lipinski definition) is 3. The second-order valence-corrected chi connectivity index (χ2v) is 7.07. The van der Waals surface area contributed by atoms with Gasteiger partial charge in [0.15, 0.2) is 0 Å². The van der Waals surface area contributed by atoms with Crippen LogP contribution in [0.4, 0.5) is 4.79 Å². The van der Waals surface area contributed by atoms with Crippen molar-refractivity contribution >= 4 is 11.9 Å². The van der Waals surface area contributed by atoms with Gasteiger partial charge in [-0.25, -0.2) is 4.79 Å². The van der Waals surface area contributed by atoms with Crippen LogP contribution in [-0.4, -0.2) is 36.2 Å². The summed E-state index contributed by atoms with van der Waals surface area (Å²) >= 11 is 0. The molecule has 2 atom stereocenters. The molecule has 6 nitrogen and oxygen atoms in total. The van der Waals surface area contributed by atoms with Gasteiger partial charge in [0.25, 0.3) is 0 Å². The van der Waals surface area contributed by atoms with Crippen LogP contribution in [0.1, 0.15) is 58.3 Å². The van der Waals surface area contributed by atoms with Crippen LogP contribution in [0.25, 0.3) is 0 Å². The summed E-state index contributed by atoms with van der Waals surface area (Å²) in [6.07, 6.45) is 8.44. The number of nitrogens with two attached hydrogens (primary N) is 1. The van der Waals surface area contributed by atoms with E-state index < -0.39 is 11.6 Å². The summed E-state index contributed by atoms with van der Waals surface area (Å²) in [5, 5.41) is 5.79. The summed E-state index contributed by atoms with van der Waals surface area (Å²) in [6, 6.07) is -0.454. The van der Waals surface area contributed by atoms with E-state index in [0.29, 0.717) is 12.8 Å². The van der Waals surface area contributed by atoms with E-state index in [-0.39, 0.29) is 23.5 Å². The molecule has 0 unspecified atom stereocenters. The number of nitrogens with one attached hydrogen (secondary N) is 2. The highest BCUT2D eigenvalue weighted by atomic mass is 16.5. The average molecular weight is 309 g/mol. The molecule has 0 aromatic carbocycles. The Bertz CT molecular complexity index is 456. The number of hydrogen-bond acceptors (Lipinski definition) is 3. The van der Waals surface area contributed by atoms with Gasteiger partial charge >= 0.3 is 6.03 Å². The SMILES string of the molecule is CCO[C@H]1C[C@@H](NC(=O)C2(NC(N)=O)CC2)C12CCCCC2. The van der Waals surface area contributed by atoms with E-state index in [9.17, 15) is 9.59 Å². The lowest BCUT2D eigenvalue weighted by Crippen LogP contribution is -2.67. The molecular formula is C16H27N3O3. The Balaban J connectivity index is 1.64. The first-order chi connectivity index (χ1) is 10.5. The molecule has 3 aliphatic rings. The highest BCUT2D eigenvalue weighted by molar-refractivity contribution is 5.93. The maximum atomic E-state index is 12.5. The molecule has 0 aromatic heterocycles. The van der Waals surface area contributed by atoms with Crippen molar-refractivity contribution in [1.29, 1.82) is 0 Å². The summed E-state index contributed by atoms with van der Waals surface area (Å²) in [6.45, 7) is 2.75. The predicted octanol–water partition coefficient (Wildman–Crippen LogP) is 1.43. The standard InChI is InChI=1S/C16H27N3O3/c1-2-22-12-10-11(15(12)6-4-3-5-7-15)18-13(20)16(8-9-16)19-14(17)21/h11-12H,2-10H2,1H3,(H,18,20)(H3,17,19,21)/t11-,12+/m1/s1.